The van der Waals surface area contributed by atoms with Crippen LogP contribution in [0, 0.1) is 5.92 Å². The molecule has 2 aromatic rings. The lowest BCUT2D eigenvalue weighted by Crippen LogP contribution is -2.41. The van der Waals surface area contributed by atoms with E-state index >= 15 is 0 Å². The number of benzene rings is 2. The zero-order chi connectivity index (χ0) is 16.7. The van der Waals surface area contributed by atoms with Gasteiger partial charge in [0, 0.05) is 6.42 Å². The maximum Gasteiger partial charge on any atom is 0.259 e. The first-order chi connectivity index (χ1) is 11.6. The number of nitrogens with zero attached hydrogens (tertiary/aromatic N) is 4. The van der Waals surface area contributed by atoms with Crippen molar-refractivity contribution in [1.29, 1.82) is 0 Å². The first-order valence-electron chi connectivity index (χ1n) is 7.81. The molecule has 0 saturated carbocycles. The van der Waals surface area contributed by atoms with E-state index in [0.717, 1.165) is 0 Å². The number of para-hydroxylation sites is 2. The molecule has 24 heavy (non-hydrogen) atoms. The predicted molar refractivity (Wildman–Crippen MR) is 89.2 cm³/mol. The second-order valence-corrected chi connectivity index (χ2v) is 6.14. The number of hydrogen-bond donors (Lipinski definition) is 0. The molecule has 0 atom stereocenters. The van der Waals surface area contributed by atoms with Gasteiger partial charge in [-0.2, -0.15) is 10.2 Å². The first kappa shape index (κ1) is 14.6. The van der Waals surface area contributed by atoms with Gasteiger partial charge in [0.05, 0.1) is 11.4 Å². The largest absolute Gasteiger partial charge is 0.272 e. The molecule has 0 radical (unpaired) electrons. The fourth-order valence-electron chi connectivity index (χ4n) is 2.95. The molecule has 2 amide bonds. The van der Waals surface area contributed by atoms with Gasteiger partial charge in [0.25, 0.3) is 11.8 Å². The molecule has 2 heterocycles. The van der Waals surface area contributed by atoms with Crippen molar-refractivity contribution in [2.75, 3.05) is 10.0 Å². The first-order valence-corrected chi connectivity index (χ1v) is 7.81. The highest BCUT2D eigenvalue weighted by Gasteiger charge is 2.51. The Kier molecular flexibility index (Phi) is 3.19. The molecule has 0 aromatic heterocycles. The Morgan fingerprint density at radius 2 is 1.25 bits per heavy atom. The van der Waals surface area contributed by atoms with Crippen LogP contribution in [0.3, 0.4) is 0 Å². The van der Waals surface area contributed by atoms with Crippen molar-refractivity contribution in [3.63, 3.8) is 0 Å². The SMILES string of the molecule is CC1(CC2C(=O)N(c3ccccc3)N(c3ccccc3)C2=O)N=N1. The van der Waals surface area contributed by atoms with Gasteiger partial charge >= 0.3 is 0 Å². The van der Waals surface area contributed by atoms with Crippen LogP contribution in [0.25, 0.3) is 0 Å². The van der Waals surface area contributed by atoms with E-state index in [0.29, 0.717) is 17.8 Å². The smallest absolute Gasteiger partial charge is 0.259 e. The predicted octanol–water partition coefficient (Wildman–Crippen LogP) is 3.17. The number of carbonyl (C=O) groups is 2. The molecule has 0 aliphatic carbocycles. The quantitative estimate of drug-likeness (QED) is 0.812. The third kappa shape index (κ3) is 2.36. The van der Waals surface area contributed by atoms with E-state index in [9.17, 15) is 9.59 Å². The summed E-state index contributed by atoms with van der Waals surface area (Å²) in [5.41, 5.74) is 0.722. The molecule has 0 bridgehead atoms. The lowest BCUT2D eigenvalue weighted by molar-refractivity contribution is -0.127. The molecule has 2 aliphatic heterocycles. The normalized spacial score (nSPS) is 19.2. The van der Waals surface area contributed by atoms with Crippen molar-refractivity contribution in [3.05, 3.63) is 60.7 Å². The second kappa shape index (κ2) is 5.26. The summed E-state index contributed by atoms with van der Waals surface area (Å²) in [6.07, 6.45) is 0.303. The molecule has 0 N–H and O–H groups in total. The molecule has 2 aliphatic rings. The molecule has 120 valence electrons. The fourth-order valence-corrected chi connectivity index (χ4v) is 2.95. The van der Waals surface area contributed by atoms with Crippen molar-refractivity contribution >= 4 is 23.2 Å². The van der Waals surface area contributed by atoms with Crippen molar-refractivity contribution in [2.24, 2.45) is 16.1 Å². The third-order valence-corrected chi connectivity index (χ3v) is 4.25. The molecule has 4 rings (SSSR count). The van der Waals surface area contributed by atoms with Gasteiger partial charge in [-0.3, -0.25) is 9.59 Å². The third-order valence-electron chi connectivity index (χ3n) is 4.25. The summed E-state index contributed by atoms with van der Waals surface area (Å²) in [6.45, 7) is 1.82. The van der Waals surface area contributed by atoms with Crippen LogP contribution in [-0.4, -0.2) is 17.5 Å². The van der Waals surface area contributed by atoms with Crippen molar-refractivity contribution in [1.82, 2.24) is 0 Å². The van der Waals surface area contributed by atoms with Crippen molar-refractivity contribution < 1.29 is 9.59 Å². The number of carbonyl (C=O) groups excluding carboxylic acids is 2. The van der Waals surface area contributed by atoms with E-state index in [1.165, 1.54) is 10.0 Å². The van der Waals surface area contributed by atoms with Gasteiger partial charge in [0.1, 0.15) is 5.92 Å². The van der Waals surface area contributed by atoms with E-state index in [2.05, 4.69) is 10.2 Å². The van der Waals surface area contributed by atoms with Gasteiger partial charge in [-0.25, -0.2) is 10.0 Å². The summed E-state index contributed by atoms with van der Waals surface area (Å²) in [6, 6.07) is 18.4. The van der Waals surface area contributed by atoms with E-state index < -0.39 is 11.6 Å². The topological polar surface area (TPSA) is 65.3 Å². The fraction of sp³-hybridized carbons (Fsp3) is 0.222. The van der Waals surface area contributed by atoms with E-state index in [4.69, 9.17) is 0 Å². The van der Waals surface area contributed by atoms with Crippen LogP contribution in [0.15, 0.2) is 70.9 Å². The summed E-state index contributed by atoms with van der Waals surface area (Å²) in [5.74, 6) is -1.26. The van der Waals surface area contributed by atoms with Crippen LogP contribution in [-0.2, 0) is 9.59 Å². The highest BCUT2D eigenvalue weighted by atomic mass is 16.2. The Balaban J connectivity index is 1.76. The Hall–Kier alpha value is -3.02. The number of amides is 2. The minimum atomic E-state index is -0.773. The average Bonchev–Trinajstić information content (AvgIpc) is 3.29. The van der Waals surface area contributed by atoms with Crippen LogP contribution in [0.1, 0.15) is 13.3 Å². The van der Waals surface area contributed by atoms with E-state index in [1.807, 2.05) is 67.6 Å². The van der Waals surface area contributed by atoms with Gasteiger partial charge in [0.15, 0.2) is 5.66 Å². The van der Waals surface area contributed by atoms with Gasteiger partial charge in [-0.05, 0) is 31.2 Å². The van der Waals surface area contributed by atoms with Gasteiger partial charge in [-0.15, -0.1) is 0 Å². The van der Waals surface area contributed by atoms with E-state index in [1.54, 1.807) is 0 Å². The van der Waals surface area contributed by atoms with Gasteiger partial charge in [0.2, 0.25) is 0 Å². The summed E-state index contributed by atoms with van der Waals surface area (Å²) in [7, 11) is 0. The van der Waals surface area contributed by atoms with Crippen LogP contribution in [0.2, 0.25) is 0 Å². The molecule has 6 nitrogen and oxygen atoms in total. The number of rotatable bonds is 4. The zero-order valence-electron chi connectivity index (χ0n) is 13.2. The van der Waals surface area contributed by atoms with Crippen molar-refractivity contribution in [3.8, 4) is 0 Å². The Bertz CT molecular complexity index is 756. The zero-order valence-corrected chi connectivity index (χ0v) is 13.2. The highest BCUT2D eigenvalue weighted by Crippen LogP contribution is 2.40. The minimum absolute atomic E-state index is 0.242. The molecule has 0 unspecified atom stereocenters. The Labute approximate surface area is 139 Å². The number of anilines is 2. The monoisotopic (exact) mass is 320 g/mol. The average molecular weight is 320 g/mol. The number of hydrogen-bond acceptors (Lipinski definition) is 4. The summed E-state index contributed by atoms with van der Waals surface area (Å²) in [4.78, 5) is 26.0. The summed E-state index contributed by atoms with van der Waals surface area (Å²) in [5, 5.41) is 10.8. The number of hydrazine groups is 1. The maximum absolute atomic E-state index is 13.0. The van der Waals surface area contributed by atoms with Crippen LogP contribution in [0.5, 0.6) is 0 Å². The molecular formula is C18H16N4O2. The van der Waals surface area contributed by atoms with Gasteiger partial charge in [-0.1, -0.05) is 36.4 Å². The van der Waals surface area contributed by atoms with Crippen LogP contribution < -0.4 is 10.0 Å². The second-order valence-electron chi connectivity index (χ2n) is 6.14. The molecule has 1 fully saturated rings. The highest BCUT2D eigenvalue weighted by molar-refractivity contribution is 6.23. The minimum Gasteiger partial charge on any atom is -0.272 e. The lowest BCUT2D eigenvalue weighted by Gasteiger charge is -2.27. The summed E-state index contributed by atoms with van der Waals surface area (Å²) >= 11 is 0. The van der Waals surface area contributed by atoms with E-state index in [-0.39, 0.29) is 11.8 Å². The Morgan fingerprint density at radius 1 is 0.833 bits per heavy atom. The molecule has 2 aromatic carbocycles. The lowest BCUT2D eigenvalue weighted by atomic mass is 9.98. The molecular weight excluding hydrogens is 304 g/mol. The van der Waals surface area contributed by atoms with Crippen molar-refractivity contribution in [2.45, 2.75) is 19.0 Å². The van der Waals surface area contributed by atoms with Gasteiger partial charge < -0.3 is 0 Å². The molecule has 6 heteroatoms. The summed E-state index contributed by atoms with van der Waals surface area (Å²) < 4.78 is 0. The molecule has 1 saturated heterocycles. The van der Waals surface area contributed by atoms with Crippen LogP contribution in [0.4, 0.5) is 11.4 Å². The molecule has 0 spiro atoms. The Morgan fingerprint density at radius 3 is 1.62 bits per heavy atom. The standard InChI is InChI=1S/C18H16N4O2/c1-18(19-20-18)12-15-16(23)21(13-8-4-2-5-9-13)22(17(15)24)14-10-6-3-7-11-14/h2-11,15H,12H2,1H3. The maximum atomic E-state index is 13.0. The van der Waals surface area contributed by atoms with Crippen LogP contribution >= 0.6 is 0 Å².